The molecule has 0 unspecified atom stereocenters. The first-order valence-corrected chi connectivity index (χ1v) is 10.4. The van der Waals surface area contributed by atoms with E-state index in [0.717, 1.165) is 0 Å². The highest BCUT2D eigenvalue weighted by atomic mass is 16.7. The van der Waals surface area contributed by atoms with Crippen molar-refractivity contribution in [3.63, 3.8) is 0 Å². The van der Waals surface area contributed by atoms with E-state index in [0.29, 0.717) is 37.6 Å². The number of nitrogens with two attached hydrogens (primary N) is 2. The van der Waals surface area contributed by atoms with Gasteiger partial charge in [-0.25, -0.2) is 14.6 Å². The van der Waals surface area contributed by atoms with E-state index in [4.69, 9.17) is 21.0 Å². The number of hydrogen-bond acceptors (Lipinski definition) is 11. The summed E-state index contributed by atoms with van der Waals surface area (Å²) < 4.78 is 4.75. The predicted octanol–water partition coefficient (Wildman–Crippen LogP) is -0.268. The monoisotopic (exact) mass is 458 g/mol. The Kier molecular flexibility index (Phi) is 7.74. The number of ether oxygens (including phenoxy) is 1. The number of hydroxylamine groups is 2. The maximum Gasteiger partial charge on any atom is 0.345 e. The lowest BCUT2D eigenvalue weighted by atomic mass is 10.2. The minimum Gasteiger partial charge on any atom is -0.389 e. The number of aromatic amines is 1. The molecule has 5 N–H and O–H groups in total. The standard InChI is InChI=1S/C21H26N6O6/c1-13-17(18(29)25-21(23)24-13)26-9-11-27(12-10-26)33-20(31)15(22)7-8-16(28)32-19(30)14-5-3-2-4-6-14/h2-6,15H,7-12,22H2,1H3,(H3,23,24,25,29)/t15-/m0/s1. The van der Waals surface area contributed by atoms with Crippen LogP contribution in [0.3, 0.4) is 0 Å². The van der Waals surface area contributed by atoms with Gasteiger partial charge in [0.25, 0.3) is 5.56 Å². The van der Waals surface area contributed by atoms with Crippen molar-refractivity contribution in [2.24, 2.45) is 5.73 Å². The summed E-state index contributed by atoms with van der Waals surface area (Å²) in [5.41, 5.74) is 12.2. The van der Waals surface area contributed by atoms with E-state index in [1.54, 1.807) is 25.1 Å². The first-order valence-electron chi connectivity index (χ1n) is 10.4. The number of nitrogen functional groups attached to an aromatic ring is 1. The van der Waals surface area contributed by atoms with Crippen LogP contribution in [-0.4, -0.2) is 65.2 Å². The molecule has 12 heteroatoms. The van der Waals surface area contributed by atoms with Crippen LogP contribution in [0.15, 0.2) is 35.1 Å². The Balaban J connectivity index is 1.42. The summed E-state index contributed by atoms with van der Waals surface area (Å²) in [6.45, 7) is 3.23. The van der Waals surface area contributed by atoms with Gasteiger partial charge in [0.15, 0.2) is 0 Å². The van der Waals surface area contributed by atoms with E-state index in [9.17, 15) is 19.2 Å². The van der Waals surface area contributed by atoms with Gasteiger partial charge in [-0.2, -0.15) is 0 Å². The number of nitrogens with zero attached hydrogens (tertiary/aromatic N) is 3. The molecule has 0 aliphatic carbocycles. The third-order valence-corrected chi connectivity index (χ3v) is 5.04. The molecule has 12 nitrogen and oxygen atoms in total. The average molecular weight is 458 g/mol. The molecule has 176 valence electrons. The number of aryl methyl sites for hydroxylation is 1. The average Bonchev–Trinajstić information content (AvgIpc) is 2.78. The molecule has 33 heavy (non-hydrogen) atoms. The van der Waals surface area contributed by atoms with Gasteiger partial charge in [0, 0.05) is 19.5 Å². The second-order valence-corrected chi connectivity index (χ2v) is 7.48. The van der Waals surface area contributed by atoms with Crippen LogP contribution in [0.4, 0.5) is 11.6 Å². The molecular formula is C21H26N6O6. The van der Waals surface area contributed by atoms with Crippen LogP contribution in [0.1, 0.15) is 28.9 Å². The van der Waals surface area contributed by atoms with E-state index >= 15 is 0 Å². The molecule has 0 saturated carbocycles. The lowest BCUT2D eigenvalue weighted by molar-refractivity contribution is -0.193. The second-order valence-electron chi connectivity index (χ2n) is 7.48. The minimum atomic E-state index is -1.06. The molecule has 0 radical (unpaired) electrons. The van der Waals surface area contributed by atoms with Crippen LogP contribution in [-0.2, 0) is 19.2 Å². The normalized spacial score (nSPS) is 15.0. The maximum atomic E-state index is 12.3. The van der Waals surface area contributed by atoms with Gasteiger partial charge in [-0.3, -0.25) is 14.6 Å². The fourth-order valence-corrected chi connectivity index (χ4v) is 3.35. The van der Waals surface area contributed by atoms with Crippen molar-refractivity contribution in [2.75, 3.05) is 36.8 Å². The fraction of sp³-hybridized carbons (Fsp3) is 0.381. The summed E-state index contributed by atoms with van der Waals surface area (Å²) in [4.78, 5) is 61.9. The third-order valence-electron chi connectivity index (χ3n) is 5.04. The van der Waals surface area contributed by atoms with Crippen LogP contribution in [0, 0.1) is 6.92 Å². The molecule has 2 aromatic rings. The molecule has 1 fully saturated rings. The van der Waals surface area contributed by atoms with Crippen molar-refractivity contribution in [3.05, 3.63) is 51.9 Å². The number of H-pyrrole nitrogens is 1. The smallest absolute Gasteiger partial charge is 0.345 e. The number of rotatable bonds is 7. The summed E-state index contributed by atoms with van der Waals surface area (Å²) in [5.74, 6) is -2.19. The number of hydrogen-bond donors (Lipinski definition) is 3. The summed E-state index contributed by atoms with van der Waals surface area (Å²) >= 11 is 0. The quantitative estimate of drug-likeness (QED) is 0.368. The zero-order valence-electron chi connectivity index (χ0n) is 18.2. The van der Waals surface area contributed by atoms with Gasteiger partial charge in [0.05, 0.1) is 24.3 Å². The molecule has 3 rings (SSSR count). The zero-order valence-corrected chi connectivity index (χ0v) is 18.2. The van der Waals surface area contributed by atoms with Crippen LogP contribution >= 0.6 is 0 Å². The number of piperazine rings is 1. The summed E-state index contributed by atoms with van der Waals surface area (Å²) in [6, 6.07) is 7.03. The van der Waals surface area contributed by atoms with Gasteiger partial charge in [-0.1, -0.05) is 18.2 Å². The molecule has 0 amide bonds. The third kappa shape index (κ3) is 6.37. The Hall–Kier alpha value is -3.77. The molecule has 0 bridgehead atoms. The van der Waals surface area contributed by atoms with E-state index in [2.05, 4.69) is 9.97 Å². The highest BCUT2D eigenvalue weighted by Crippen LogP contribution is 2.16. The number of esters is 2. The van der Waals surface area contributed by atoms with Crippen LogP contribution in [0.2, 0.25) is 0 Å². The van der Waals surface area contributed by atoms with Crippen LogP contribution in [0.25, 0.3) is 0 Å². The van der Waals surface area contributed by atoms with E-state index < -0.39 is 23.9 Å². The Labute approximate surface area is 189 Å². The van der Waals surface area contributed by atoms with Gasteiger partial charge >= 0.3 is 17.9 Å². The predicted molar refractivity (Wildman–Crippen MR) is 118 cm³/mol. The SMILES string of the molecule is Cc1nc(N)[nH]c(=O)c1N1CCN(OC(=O)[C@@H](N)CCC(=O)OC(=O)c2ccccc2)CC1. The number of carbonyl (C=O) groups excluding carboxylic acids is 3. The molecule has 2 heterocycles. The second kappa shape index (κ2) is 10.7. The van der Waals surface area contributed by atoms with Crippen molar-refractivity contribution in [1.29, 1.82) is 0 Å². The first kappa shape index (κ1) is 23.9. The molecule has 1 aliphatic rings. The van der Waals surface area contributed by atoms with Crippen LogP contribution < -0.4 is 21.9 Å². The highest BCUT2D eigenvalue weighted by Gasteiger charge is 2.26. The topological polar surface area (TPSA) is 174 Å². The first-order chi connectivity index (χ1) is 15.7. The summed E-state index contributed by atoms with van der Waals surface area (Å²) in [7, 11) is 0. The van der Waals surface area contributed by atoms with E-state index in [1.165, 1.54) is 17.2 Å². The number of benzene rings is 1. The number of nitrogens with one attached hydrogen (secondary N) is 1. The van der Waals surface area contributed by atoms with Crippen molar-refractivity contribution in [2.45, 2.75) is 25.8 Å². The van der Waals surface area contributed by atoms with Gasteiger partial charge in [0.2, 0.25) is 5.95 Å². The summed E-state index contributed by atoms with van der Waals surface area (Å²) in [6.07, 6.45) is -0.250. The molecule has 0 spiro atoms. The van der Waals surface area contributed by atoms with Gasteiger partial charge in [0.1, 0.15) is 11.7 Å². The minimum absolute atomic E-state index is 0.0363. The van der Waals surface area contributed by atoms with Crippen molar-refractivity contribution in [1.82, 2.24) is 15.0 Å². The number of carbonyl (C=O) groups is 3. The molecule has 1 saturated heterocycles. The van der Waals surface area contributed by atoms with Gasteiger partial charge < -0.3 is 25.9 Å². The van der Waals surface area contributed by atoms with E-state index in [-0.39, 0.29) is 29.9 Å². The highest BCUT2D eigenvalue weighted by molar-refractivity contribution is 5.96. The Morgan fingerprint density at radius 2 is 1.82 bits per heavy atom. The van der Waals surface area contributed by atoms with Crippen molar-refractivity contribution >= 4 is 29.5 Å². The number of anilines is 2. The molecule has 1 aliphatic heterocycles. The van der Waals surface area contributed by atoms with Crippen molar-refractivity contribution < 1.29 is 24.0 Å². The largest absolute Gasteiger partial charge is 0.389 e. The molecular weight excluding hydrogens is 432 g/mol. The molecule has 1 aromatic heterocycles. The van der Waals surface area contributed by atoms with E-state index in [1.807, 2.05) is 4.90 Å². The fourth-order valence-electron chi connectivity index (χ4n) is 3.35. The van der Waals surface area contributed by atoms with Gasteiger partial charge in [-0.05, 0) is 25.5 Å². The van der Waals surface area contributed by atoms with Crippen LogP contribution in [0.5, 0.6) is 0 Å². The zero-order chi connectivity index (χ0) is 24.0. The molecule has 1 aromatic carbocycles. The lowest BCUT2D eigenvalue weighted by Crippen LogP contribution is -2.50. The van der Waals surface area contributed by atoms with Crippen molar-refractivity contribution in [3.8, 4) is 0 Å². The molecule has 1 atom stereocenters. The Morgan fingerprint density at radius 1 is 1.15 bits per heavy atom. The van der Waals surface area contributed by atoms with Gasteiger partial charge in [-0.15, -0.1) is 5.06 Å². The lowest BCUT2D eigenvalue weighted by Gasteiger charge is -2.34. The summed E-state index contributed by atoms with van der Waals surface area (Å²) in [5, 5.41) is 1.45. The Morgan fingerprint density at radius 3 is 2.45 bits per heavy atom. The number of aromatic nitrogens is 2. The Bertz CT molecular complexity index is 1060. The maximum absolute atomic E-state index is 12.3.